The van der Waals surface area contributed by atoms with Crippen LogP contribution in [0.1, 0.15) is 19.0 Å². The molecule has 24 heavy (non-hydrogen) atoms. The quantitative estimate of drug-likeness (QED) is 0.806. The molecular formula is C15H20F3N3O3. The highest BCUT2D eigenvalue weighted by Gasteiger charge is 2.40. The van der Waals surface area contributed by atoms with Crippen molar-refractivity contribution in [3.05, 3.63) is 24.0 Å². The first-order chi connectivity index (χ1) is 11.2. The van der Waals surface area contributed by atoms with Crippen molar-refractivity contribution in [2.24, 2.45) is 0 Å². The largest absolute Gasteiger partial charge is 0.489 e. The first kappa shape index (κ1) is 18.5. The van der Waals surface area contributed by atoms with Gasteiger partial charge in [0.25, 0.3) is 0 Å². The molecule has 0 spiro atoms. The summed E-state index contributed by atoms with van der Waals surface area (Å²) in [5.74, 6) is 0.381. The molecule has 2 N–H and O–H groups in total. The van der Waals surface area contributed by atoms with E-state index in [9.17, 15) is 18.0 Å². The number of nitrogens with one attached hydrogen (secondary N) is 1. The molecule has 6 nitrogen and oxygen atoms in total. The molecule has 1 aliphatic rings. The molecule has 2 unspecified atom stereocenters. The summed E-state index contributed by atoms with van der Waals surface area (Å²) in [4.78, 5) is 16.5. The number of carbonyl (C=O) groups excluding carboxylic acids is 1. The Labute approximate surface area is 137 Å². The average molecular weight is 347 g/mol. The molecule has 1 aromatic heterocycles. The number of aliphatic hydroxyl groups is 1. The van der Waals surface area contributed by atoms with E-state index in [0.717, 1.165) is 0 Å². The zero-order valence-corrected chi connectivity index (χ0v) is 13.2. The number of halogens is 3. The van der Waals surface area contributed by atoms with Crippen LogP contribution in [0.25, 0.3) is 0 Å². The average Bonchev–Trinajstić information content (AvgIpc) is 2.91. The lowest BCUT2D eigenvalue weighted by molar-refractivity contribution is -0.207. The molecule has 1 aliphatic heterocycles. The van der Waals surface area contributed by atoms with Gasteiger partial charge in [0.1, 0.15) is 11.9 Å². The van der Waals surface area contributed by atoms with E-state index in [1.54, 1.807) is 18.3 Å². The molecule has 1 fully saturated rings. The van der Waals surface area contributed by atoms with Crippen molar-refractivity contribution in [3.8, 4) is 5.75 Å². The second-order valence-corrected chi connectivity index (χ2v) is 5.74. The monoisotopic (exact) mass is 347 g/mol. The summed E-state index contributed by atoms with van der Waals surface area (Å²) in [6, 6.07) is 3.34. The smallest absolute Gasteiger partial charge is 0.415 e. The number of β-amino-alcohol motifs (C(OH)–C–C–N with tert-alkyl or cyclic N) is 1. The van der Waals surface area contributed by atoms with Crippen LogP contribution in [-0.4, -0.2) is 58.9 Å². The lowest BCUT2D eigenvalue weighted by Crippen LogP contribution is -2.40. The number of ether oxygens (including phenoxy) is 1. The van der Waals surface area contributed by atoms with Crippen LogP contribution < -0.4 is 10.1 Å². The summed E-state index contributed by atoms with van der Waals surface area (Å²) in [5.41, 5.74) is 0.630. The van der Waals surface area contributed by atoms with Crippen molar-refractivity contribution in [1.29, 1.82) is 0 Å². The summed E-state index contributed by atoms with van der Waals surface area (Å²) >= 11 is 0. The van der Waals surface area contributed by atoms with Crippen molar-refractivity contribution in [3.63, 3.8) is 0 Å². The molecule has 2 rings (SSSR count). The van der Waals surface area contributed by atoms with Gasteiger partial charge in [-0.05, 0) is 12.5 Å². The zero-order valence-electron chi connectivity index (χ0n) is 13.2. The van der Waals surface area contributed by atoms with Gasteiger partial charge in [0.15, 0.2) is 6.10 Å². The molecule has 1 aromatic rings. The number of alkyl halides is 3. The van der Waals surface area contributed by atoms with Crippen molar-refractivity contribution in [1.82, 2.24) is 15.2 Å². The van der Waals surface area contributed by atoms with E-state index in [0.29, 0.717) is 31.0 Å². The molecule has 2 heterocycles. The molecule has 1 amide bonds. The SMILES string of the molecule is CC(=O)NCc1cc(OC2CCN(CC(O)C(F)(F)F)C2)ccn1. The zero-order chi connectivity index (χ0) is 17.7. The highest BCUT2D eigenvalue weighted by molar-refractivity contribution is 5.72. The third kappa shape index (κ3) is 5.64. The van der Waals surface area contributed by atoms with Crippen LogP contribution in [0.15, 0.2) is 18.3 Å². The Hall–Kier alpha value is -1.87. The minimum Gasteiger partial charge on any atom is -0.489 e. The molecule has 0 radical (unpaired) electrons. The molecule has 0 bridgehead atoms. The van der Waals surface area contributed by atoms with Gasteiger partial charge in [-0.25, -0.2) is 0 Å². The Kier molecular flexibility index (Phi) is 6.00. The summed E-state index contributed by atoms with van der Waals surface area (Å²) in [6.07, 6.45) is -5.08. The van der Waals surface area contributed by atoms with E-state index in [4.69, 9.17) is 9.84 Å². The normalized spacial score (nSPS) is 20.0. The minimum absolute atomic E-state index is 0.169. The summed E-state index contributed by atoms with van der Waals surface area (Å²) in [5, 5.41) is 11.7. The molecule has 0 saturated carbocycles. The topological polar surface area (TPSA) is 74.7 Å². The van der Waals surface area contributed by atoms with Gasteiger partial charge >= 0.3 is 6.18 Å². The predicted octanol–water partition coefficient (Wildman–Crippen LogP) is 1.09. The molecule has 134 valence electrons. The summed E-state index contributed by atoms with van der Waals surface area (Å²) in [6.45, 7) is 1.98. The third-order valence-corrected chi connectivity index (χ3v) is 3.65. The van der Waals surface area contributed by atoms with E-state index in [1.807, 2.05) is 0 Å². The molecule has 0 aromatic carbocycles. The van der Waals surface area contributed by atoms with Gasteiger partial charge in [-0.1, -0.05) is 0 Å². The molecule has 9 heteroatoms. The number of aromatic nitrogens is 1. The number of aliphatic hydroxyl groups excluding tert-OH is 1. The van der Waals surface area contributed by atoms with E-state index in [1.165, 1.54) is 11.8 Å². The number of likely N-dealkylation sites (tertiary alicyclic amines) is 1. The third-order valence-electron chi connectivity index (χ3n) is 3.65. The van der Waals surface area contributed by atoms with Crippen LogP contribution in [-0.2, 0) is 11.3 Å². The Morgan fingerprint density at radius 2 is 2.33 bits per heavy atom. The maximum absolute atomic E-state index is 12.4. The van der Waals surface area contributed by atoms with Crippen LogP contribution in [0.2, 0.25) is 0 Å². The van der Waals surface area contributed by atoms with Crippen LogP contribution >= 0.6 is 0 Å². The number of carbonyl (C=O) groups is 1. The number of pyridine rings is 1. The summed E-state index contributed by atoms with van der Waals surface area (Å²) < 4.78 is 42.9. The molecule has 1 saturated heterocycles. The fraction of sp³-hybridized carbons (Fsp3) is 0.600. The molecular weight excluding hydrogens is 327 g/mol. The second-order valence-electron chi connectivity index (χ2n) is 5.74. The highest BCUT2D eigenvalue weighted by atomic mass is 19.4. The van der Waals surface area contributed by atoms with Crippen molar-refractivity contribution < 1.29 is 27.8 Å². The highest BCUT2D eigenvalue weighted by Crippen LogP contribution is 2.23. The fourth-order valence-corrected chi connectivity index (χ4v) is 2.44. The van der Waals surface area contributed by atoms with Crippen LogP contribution in [0, 0.1) is 0 Å². The maximum atomic E-state index is 12.4. The first-order valence-electron chi connectivity index (χ1n) is 7.57. The standard InChI is InChI=1S/C15H20F3N3O3/c1-10(22)20-7-11-6-12(2-4-19-11)24-13-3-5-21(8-13)9-14(23)15(16,17)18/h2,4,6,13-14,23H,3,5,7-9H2,1H3,(H,20,22). The van der Waals surface area contributed by atoms with Gasteiger partial charge in [0, 0.05) is 38.8 Å². The Morgan fingerprint density at radius 1 is 1.58 bits per heavy atom. The van der Waals surface area contributed by atoms with Gasteiger partial charge in [0.2, 0.25) is 5.91 Å². The number of hydrogen-bond acceptors (Lipinski definition) is 5. The van der Waals surface area contributed by atoms with Crippen LogP contribution in [0.4, 0.5) is 13.2 Å². The van der Waals surface area contributed by atoms with Gasteiger partial charge in [-0.2, -0.15) is 13.2 Å². The predicted molar refractivity (Wildman–Crippen MR) is 79.3 cm³/mol. The van der Waals surface area contributed by atoms with Gasteiger partial charge < -0.3 is 15.2 Å². The van der Waals surface area contributed by atoms with Gasteiger partial charge in [-0.3, -0.25) is 14.7 Å². The second kappa shape index (κ2) is 7.80. The lowest BCUT2D eigenvalue weighted by Gasteiger charge is -2.21. The van der Waals surface area contributed by atoms with Gasteiger partial charge in [-0.15, -0.1) is 0 Å². The van der Waals surface area contributed by atoms with Crippen molar-refractivity contribution in [2.75, 3.05) is 19.6 Å². The maximum Gasteiger partial charge on any atom is 0.415 e. The first-order valence-corrected chi connectivity index (χ1v) is 7.57. The Balaban J connectivity index is 1.84. The molecule has 0 aliphatic carbocycles. The van der Waals surface area contributed by atoms with Crippen molar-refractivity contribution in [2.45, 2.75) is 38.3 Å². The van der Waals surface area contributed by atoms with E-state index >= 15 is 0 Å². The summed E-state index contributed by atoms with van der Waals surface area (Å²) in [7, 11) is 0. The van der Waals surface area contributed by atoms with Gasteiger partial charge in [0.05, 0.1) is 12.2 Å². The Bertz CT molecular complexity index is 568. The number of rotatable bonds is 6. The fourth-order valence-electron chi connectivity index (χ4n) is 2.44. The van der Waals surface area contributed by atoms with Crippen LogP contribution in [0.3, 0.4) is 0 Å². The van der Waals surface area contributed by atoms with E-state index in [2.05, 4.69) is 10.3 Å². The van der Waals surface area contributed by atoms with E-state index in [-0.39, 0.29) is 18.6 Å². The number of nitrogens with zero attached hydrogens (tertiary/aromatic N) is 2. The lowest BCUT2D eigenvalue weighted by atomic mass is 10.3. The number of hydrogen-bond donors (Lipinski definition) is 2. The van der Waals surface area contributed by atoms with E-state index < -0.39 is 18.8 Å². The Morgan fingerprint density at radius 3 is 3.00 bits per heavy atom. The minimum atomic E-state index is -4.61. The number of amides is 1. The van der Waals surface area contributed by atoms with Crippen LogP contribution in [0.5, 0.6) is 5.75 Å². The van der Waals surface area contributed by atoms with Crippen molar-refractivity contribution >= 4 is 5.91 Å². The molecule has 2 atom stereocenters.